The van der Waals surface area contributed by atoms with Crippen molar-refractivity contribution in [2.45, 2.75) is 89.7 Å². The summed E-state index contributed by atoms with van der Waals surface area (Å²) in [7, 11) is 0. The van der Waals surface area contributed by atoms with Crippen LogP contribution in [-0.4, -0.2) is 40.7 Å². The van der Waals surface area contributed by atoms with Gasteiger partial charge in [0.2, 0.25) is 6.54 Å². The van der Waals surface area contributed by atoms with E-state index in [4.69, 9.17) is 9.47 Å². The third-order valence-electron chi connectivity index (χ3n) is 5.29. The first-order chi connectivity index (χ1) is 13.3. The number of ether oxygens (including phenoxy) is 2. The van der Waals surface area contributed by atoms with Crippen molar-refractivity contribution in [3.05, 3.63) is 46.0 Å². The number of rotatable bonds is 9. The average Bonchev–Trinajstić information content (AvgIpc) is 2.55. The van der Waals surface area contributed by atoms with Gasteiger partial charge in [-0.15, -0.1) is 0 Å². The predicted molar refractivity (Wildman–Crippen MR) is 111 cm³/mol. The smallest absolute Gasteiger partial charge is 0.326 e. The van der Waals surface area contributed by atoms with Crippen molar-refractivity contribution in [2.75, 3.05) is 6.54 Å². The van der Waals surface area contributed by atoms with Crippen molar-refractivity contribution in [2.24, 2.45) is 0 Å². The summed E-state index contributed by atoms with van der Waals surface area (Å²) in [4.78, 5) is 24.1. The van der Waals surface area contributed by atoms with E-state index in [0.717, 1.165) is 12.0 Å². The van der Waals surface area contributed by atoms with Gasteiger partial charge in [0.05, 0.1) is 17.2 Å². The molecule has 0 bridgehead atoms. The Balaban J connectivity index is 2.23. The Morgan fingerprint density at radius 3 is 2.24 bits per heavy atom. The Bertz CT molecular complexity index is 708. The standard InChI is InChI=1S/C22H34N2O5/c1-16(28-20(2,3)4)18(23-22(13-10-14-22)15-24(26)27)19(25)29-21(5,6)17-11-8-7-9-12-17/h7-9,11-12,16,18,23H,10,13-15H2,1-6H3/t16-,18+/m1/s1. The maximum Gasteiger partial charge on any atom is 0.326 e. The molecule has 1 aromatic rings. The molecule has 1 fully saturated rings. The van der Waals surface area contributed by atoms with Gasteiger partial charge in [-0.05, 0) is 66.4 Å². The quantitative estimate of drug-likeness (QED) is 0.381. The zero-order chi connectivity index (χ0) is 21.9. The summed E-state index contributed by atoms with van der Waals surface area (Å²) in [6.45, 7) is 11.0. The topological polar surface area (TPSA) is 90.7 Å². The number of nitrogens with zero attached hydrogens (tertiary/aromatic N) is 1. The lowest BCUT2D eigenvalue weighted by Gasteiger charge is -2.43. The van der Waals surface area contributed by atoms with Crippen LogP contribution < -0.4 is 5.32 Å². The number of nitro groups is 1. The highest BCUT2D eigenvalue weighted by Gasteiger charge is 2.47. The molecule has 2 rings (SSSR count). The first-order valence-corrected chi connectivity index (χ1v) is 10.2. The summed E-state index contributed by atoms with van der Waals surface area (Å²) in [5.74, 6) is -0.467. The van der Waals surface area contributed by atoms with Gasteiger partial charge in [0.25, 0.3) is 0 Å². The van der Waals surface area contributed by atoms with Crippen molar-refractivity contribution < 1.29 is 19.2 Å². The molecule has 1 aliphatic rings. The minimum atomic E-state index is -0.838. The van der Waals surface area contributed by atoms with E-state index in [1.54, 1.807) is 6.92 Å². The molecule has 2 atom stereocenters. The Morgan fingerprint density at radius 1 is 1.21 bits per heavy atom. The average molecular weight is 407 g/mol. The molecule has 1 N–H and O–H groups in total. The fourth-order valence-electron chi connectivity index (χ4n) is 3.74. The monoisotopic (exact) mass is 406 g/mol. The molecule has 0 unspecified atom stereocenters. The fraction of sp³-hybridized carbons (Fsp3) is 0.682. The summed E-state index contributed by atoms with van der Waals surface area (Å²) < 4.78 is 11.9. The molecule has 7 heteroatoms. The molecular weight excluding hydrogens is 372 g/mol. The molecule has 0 aliphatic heterocycles. The fourth-order valence-corrected chi connectivity index (χ4v) is 3.74. The Hall–Kier alpha value is -1.99. The number of benzene rings is 1. The summed E-state index contributed by atoms with van der Waals surface area (Å²) >= 11 is 0. The number of hydrogen-bond donors (Lipinski definition) is 1. The highest BCUT2D eigenvalue weighted by Crippen LogP contribution is 2.34. The number of nitrogens with one attached hydrogen (secondary N) is 1. The molecule has 29 heavy (non-hydrogen) atoms. The van der Waals surface area contributed by atoms with Crippen LogP contribution in [0.1, 0.15) is 66.4 Å². The molecule has 0 radical (unpaired) electrons. The van der Waals surface area contributed by atoms with Gasteiger partial charge in [0.1, 0.15) is 11.6 Å². The van der Waals surface area contributed by atoms with Crippen LogP contribution >= 0.6 is 0 Å². The largest absolute Gasteiger partial charge is 0.454 e. The zero-order valence-electron chi connectivity index (χ0n) is 18.4. The van der Waals surface area contributed by atoms with E-state index in [-0.39, 0.29) is 11.5 Å². The molecule has 0 heterocycles. The summed E-state index contributed by atoms with van der Waals surface area (Å²) in [6.07, 6.45) is 1.69. The van der Waals surface area contributed by atoms with Crippen LogP contribution in [0.3, 0.4) is 0 Å². The van der Waals surface area contributed by atoms with Gasteiger partial charge in [-0.25, -0.2) is 0 Å². The van der Waals surface area contributed by atoms with E-state index in [1.807, 2.05) is 65.0 Å². The van der Waals surface area contributed by atoms with Crippen LogP contribution in [0.4, 0.5) is 0 Å². The molecule has 0 saturated heterocycles. The minimum Gasteiger partial charge on any atom is -0.454 e. The number of carbonyl (C=O) groups excluding carboxylic acids is 1. The number of hydrogen-bond acceptors (Lipinski definition) is 6. The van der Waals surface area contributed by atoms with Gasteiger partial charge in [-0.3, -0.25) is 20.2 Å². The molecule has 1 aromatic carbocycles. The van der Waals surface area contributed by atoms with Gasteiger partial charge in [0, 0.05) is 4.92 Å². The maximum absolute atomic E-state index is 13.2. The van der Waals surface area contributed by atoms with Gasteiger partial charge < -0.3 is 9.47 Å². The first kappa shape index (κ1) is 23.3. The normalized spacial score (nSPS) is 18.4. The predicted octanol–water partition coefficient (Wildman–Crippen LogP) is 3.83. The number of esters is 1. The minimum absolute atomic E-state index is 0.221. The Kier molecular flexibility index (Phi) is 7.06. The molecule has 0 amide bonds. The molecular formula is C22H34N2O5. The highest BCUT2D eigenvalue weighted by atomic mass is 16.6. The van der Waals surface area contributed by atoms with Crippen molar-refractivity contribution in [1.29, 1.82) is 0 Å². The number of carbonyl (C=O) groups is 1. The van der Waals surface area contributed by atoms with Crippen LogP contribution in [0.5, 0.6) is 0 Å². The lowest BCUT2D eigenvalue weighted by Crippen LogP contribution is -2.64. The molecule has 162 valence electrons. The second kappa shape index (κ2) is 8.79. The zero-order valence-corrected chi connectivity index (χ0v) is 18.4. The summed E-state index contributed by atoms with van der Waals surface area (Å²) in [5.41, 5.74) is -1.13. The first-order valence-electron chi connectivity index (χ1n) is 10.2. The van der Waals surface area contributed by atoms with Crippen LogP contribution in [0.2, 0.25) is 0 Å². The third-order valence-corrected chi connectivity index (χ3v) is 5.29. The van der Waals surface area contributed by atoms with Crippen LogP contribution in [-0.2, 0) is 19.9 Å². The maximum atomic E-state index is 13.2. The van der Waals surface area contributed by atoms with Crippen LogP contribution in [0.25, 0.3) is 0 Å². The van der Waals surface area contributed by atoms with E-state index < -0.39 is 34.9 Å². The second-order valence-corrected chi connectivity index (χ2v) is 9.48. The molecule has 1 aliphatic carbocycles. The molecule has 0 aromatic heterocycles. The van der Waals surface area contributed by atoms with E-state index >= 15 is 0 Å². The summed E-state index contributed by atoms with van der Waals surface area (Å²) in [6, 6.07) is 8.70. The van der Waals surface area contributed by atoms with Gasteiger partial charge in [0.15, 0.2) is 0 Å². The van der Waals surface area contributed by atoms with E-state index in [9.17, 15) is 14.9 Å². The second-order valence-electron chi connectivity index (χ2n) is 9.48. The molecule has 0 spiro atoms. The van der Waals surface area contributed by atoms with Crippen LogP contribution in [0.15, 0.2) is 30.3 Å². The van der Waals surface area contributed by atoms with Gasteiger partial charge in [-0.1, -0.05) is 30.3 Å². The van der Waals surface area contributed by atoms with E-state index in [2.05, 4.69) is 5.32 Å². The molecule has 7 nitrogen and oxygen atoms in total. The van der Waals surface area contributed by atoms with Crippen molar-refractivity contribution in [3.63, 3.8) is 0 Å². The lowest BCUT2D eigenvalue weighted by atomic mass is 9.76. The van der Waals surface area contributed by atoms with Crippen molar-refractivity contribution in [1.82, 2.24) is 5.32 Å². The van der Waals surface area contributed by atoms with Crippen molar-refractivity contribution in [3.8, 4) is 0 Å². The SMILES string of the molecule is C[C@@H](OC(C)(C)C)[C@H](NC1(C[N+](=O)[O-])CCC1)C(=O)OC(C)(C)c1ccccc1. The third kappa shape index (κ3) is 6.51. The lowest BCUT2D eigenvalue weighted by molar-refractivity contribution is -0.494. The molecule has 1 saturated carbocycles. The van der Waals surface area contributed by atoms with Crippen molar-refractivity contribution >= 4 is 5.97 Å². The summed E-state index contributed by atoms with van der Waals surface area (Å²) in [5, 5.41) is 14.4. The Morgan fingerprint density at radius 2 is 1.79 bits per heavy atom. The highest BCUT2D eigenvalue weighted by molar-refractivity contribution is 5.77. The van der Waals surface area contributed by atoms with Gasteiger partial charge in [-0.2, -0.15) is 0 Å². The van der Waals surface area contributed by atoms with Gasteiger partial charge >= 0.3 is 5.97 Å². The Labute approximate surface area is 173 Å². The van der Waals surface area contributed by atoms with E-state index in [0.29, 0.717) is 12.8 Å². The van der Waals surface area contributed by atoms with Crippen LogP contribution in [0, 0.1) is 10.1 Å². The van der Waals surface area contributed by atoms with E-state index in [1.165, 1.54) is 0 Å².